The average molecular weight is 313 g/mol. The lowest BCUT2D eigenvalue weighted by Crippen LogP contribution is -2.32. The van der Waals surface area contributed by atoms with Gasteiger partial charge in [-0.05, 0) is 18.6 Å². The van der Waals surface area contributed by atoms with Gasteiger partial charge in [-0.1, -0.05) is 78.9 Å². The lowest BCUT2D eigenvalue weighted by Gasteiger charge is -2.29. The SMILES string of the molecule is Cc1ccccc1C1=NCC(c2ccccc2)(c2ccccc2)O1. The van der Waals surface area contributed by atoms with Crippen molar-refractivity contribution in [1.29, 1.82) is 0 Å². The molecule has 0 aliphatic carbocycles. The molecule has 0 spiro atoms. The molecule has 0 N–H and O–H groups in total. The highest BCUT2D eigenvalue weighted by Crippen LogP contribution is 2.39. The first kappa shape index (κ1) is 14.7. The average Bonchev–Trinajstić information content (AvgIpc) is 3.10. The molecule has 0 saturated heterocycles. The summed E-state index contributed by atoms with van der Waals surface area (Å²) >= 11 is 0. The number of hydrogen-bond acceptors (Lipinski definition) is 2. The monoisotopic (exact) mass is 313 g/mol. The van der Waals surface area contributed by atoms with Crippen LogP contribution in [0.5, 0.6) is 0 Å². The lowest BCUT2D eigenvalue weighted by atomic mass is 9.86. The van der Waals surface area contributed by atoms with E-state index in [1.807, 2.05) is 24.3 Å². The van der Waals surface area contributed by atoms with Crippen LogP contribution in [-0.4, -0.2) is 12.4 Å². The van der Waals surface area contributed by atoms with Crippen molar-refractivity contribution in [2.45, 2.75) is 12.5 Å². The van der Waals surface area contributed by atoms with Crippen molar-refractivity contribution in [1.82, 2.24) is 0 Å². The zero-order chi connectivity index (χ0) is 16.4. The predicted octanol–water partition coefficient (Wildman–Crippen LogP) is 4.72. The van der Waals surface area contributed by atoms with E-state index in [-0.39, 0.29) is 0 Å². The molecule has 2 nitrogen and oxygen atoms in total. The third kappa shape index (κ3) is 2.41. The number of ether oxygens (including phenoxy) is 1. The summed E-state index contributed by atoms with van der Waals surface area (Å²) in [6.45, 7) is 2.68. The van der Waals surface area contributed by atoms with Gasteiger partial charge in [-0.2, -0.15) is 0 Å². The van der Waals surface area contributed by atoms with Crippen molar-refractivity contribution < 1.29 is 4.74 Å². The quantitative estimate of drug-likeness (QED) is 0.686. The normalized spacial score (nSPS) is 15.6. The lowest BCUT2D eigenvalue weighted by molar-refractivity contribution is 0.132. The fourth-order valence-corrected chi connectivity index (χ4v) is 3.25. The third-order valence-electron chi connectivity index (χ3n) is 4.57. The van der Waals surface area contributed by atoms with E-state index in [1.54, 1.807) is 0 Å². The molecule has 2 heteroatoms. The van der Waals surface area contributed by atoms with Crippen molar-refractivity contribution in [2.75, 3.05) is 6.54 Å². The van der Waals surface area contributed by atoms with E-state index in [0.717, 1.165) is 22.6 Å². The summed E-state index contributed by atoms with van der Waals surface area (Å²) in [6.07, 6.45) is 0. The van der Waals surface area contributed by atoms with Gasteiger partial charge in [0.2, 0.25) is 5.90 Å². The molecule has 0 unspecified atom stereocenters. The fraction of sp³-hybridized carbons (Fsp3) is 0.136. The van der Waals surface area contributed by atoms with Crippen LogP contribution < -0.4 is 0 Å². The molecule has 1 aliphatic rings. The first-order valence-electron chi connectivity index (χ1n) is 8.20. The van der Waals surface area contributed by atoms with E-state index in [9.17, 15) is 0 Å². The van der Waals surface area contributed by atoms with Gasteiger partial charge in [0.15, 0.2) is 5.60 Å². The predicted molar refractivity (Wildman–Crippen MR) is 97.3 cm³/mol. The van der Waals surface area contributed by atoms with Gasteiger partial charge in [0.25, 0.3) is 0 Å². The number of hydrogen-bond donors (Lipinski definition) is 0. The van der Waals surface area contributed by atoms with Gasteiger partial charge in [0, 0.05) is 16.7 Å². The van der Waals surface area contributed by atoms with Gasteiger partial charge in [0.1, 0.15) is 0 Å². The highest BCUT2D eigenvalue weighted by atomic mass is 16.5. The molecule has 0 radical (unpaired) electrons. The van der Waals surface area contributed by atoms with E-state index < -0.39 is 5.60 Å². The first-order valence-corrected chi connectivity index (χ1v) is 8.20. The van der Waals surface area contributed by atoms with Crippen molar-refractivity contribution >= 4 is 5.90 Å². The Hall–Kier alpha value is -2.87. The number of nitrogens with zero attached hydrogens (tertiary/aromatic N) is 1. The Morgan fingerprint density at radius 1 is 0.750 bits per heavy atom. The molecule has 0 bridgehead atoms. The molecular weight excluding hydrogens is 294 g/mol. The molecule has 0 fully saturated rings. The summed E-state index contributed by atoms with van der Waals surface area (Å²) < 4.78 is 6.54. The van der Waals surface area contributed by atoms with Crippen molar-refractivity contribution in [3.05, 3.63) is 107 Å². The second kappa shape index (κ2) is 5.97. The Labute approximate surface area is 142 Å². The second-order valence-electron chi connectivity index (χ2n) is 6.10. The summed E-state index contributed by atoms with van der Waals surface area (Å²) in [7, 11) is 0. The molecule has 0 aromatic heterocycles. The van der Waals surface area contributed by atoms with Gasteiger partial charge < -0.3 is 4.74 Å². The minimum Gasteiger partial charge on any atom is -0.459 e. The minimum atomic E-state index is -0.555. The molecule has 1 heterocycles. The van der Waals surface area contributed by atoms with Crippen LogP contribution in [0.25, 0.3) is 0 Å². The van der Waals surface area contributed by atoms with Crippen LogP contribution in [0.1, 0.15) is 22.3 Å². The van der Waals surface area contributed by atoms with Gasteiger partial charge in [0.05, 0.1) is 6.54 Å². The Kier molecular flexibility index (Phi) is 3.66. The van der Waals surface area contributed by atoms with Gasteiger partial charge in [-0.25, -0.2) is 4.99 Å². The van der Waals surface area contributed by atoms with E-state index in [4.69, 9.17) is 9.73 Å². The topological polar surface area (TPSA) is 21.6 Å². The Balaban J connectivity index is 1.80. The zero-order valence-electron chi connectivity index (χ0n) is 13.6. The Bertz CT molecular complexity index is 829. The van der Waals surface area contributed by atoms with E-state index in [2.05, 4.69) is 67.6 Å². The van der Waals surface area contributed by atoms with Gasteiger partial charge >= 0.3 is 0 Å². The van der Waals surface area contributed by atoms with Crippen LogP contribution in [0.15, 0.2) is 89.9 Å². The van der Waals surface area contributed by atoms with E-state index in [0.29, 0.717) is 6.54 Å². The van der Waals surface area contributed by atoms with Crippen LogP contribution >= 0.6 is 0 Å². The smallest absolute Gasteiger partial charge is 0.217 e. The van der Waals surface area contributed by atoms with E-state index in [1.165, 1.54) is 5.56 Å². The summed E-state index contributed by atoms with van der Waals surface area (Å²) in [5.74, 6) is 0.723. The molecule has 0 saturated carbocycles. The van der Waals surface area contributed by atoms with Crippen molar-refractivity contribution in [2.24, 2.45) is 4.99 Å². The van der Waals surface area contributed by atoms with Crippen LogP contribution in [-0.2, 0) is 10.3 Å². The molecule has 0 amide bonds. The second-order valence-corrected chi connectivity index (χ2v) is 6.10. The number of benzene rings is 3. The maximum Gasteiger partial charge on any atom is 0.217 e. The Morgan fingerprint density at radius 3 is 1.88 bits per heavy atom. The van der Waals surface area contributed by atoms with Crippen LogP contribution in [0.2, 0.25) is 0 Å². The highest BCUT2D eigenvalue weighted by molar-refractivity contribution is 5.97. The number of aliphatic imine (C=N–C) groups is 1. The largest absolute Gasteiger partial charge is 0.459 e. The van der Waals surface area contributed by atoms with Crippen molar-refractivity contribution in [3.63, 3.8) is 0 Å². The summed E-state index contributed by atoms with van der Waals surface area (Å²) in [5.41, 5.74) is 3.94. The van der Waals surface area contributed by atoms with Crippen LogP contribution in [0.3, 0.4) is 0 Å². The number of aryl methyl sites for hydroxylation is 1. The third-order valence-corrected chi connectivity index (χ3v) is 4.57. The molecule has 1 aliphatic heterocycles. The molecule has 24 heavy (non-hydrogen) atoms. The molecule has 0 atom stereocenters. The van der Waals surface area contributed by atoms with Crippen LogP contribution in [0.4, 0.5) is 0 Å². The fourth-order valence-electron chi connectivity index (χ4n) is 3.25. The zero-order valence-corrected chi connectivity index (χ0v) is 13.6. The van der Waals surface area contributed by atoms with Gasteiger partial charge in [-0.15, -0.1) is 0 Å². The maximum absolute atomic E-state index is 6.54. The first-order chi connectivity index (χ1) is 11.8. The molecular formula is C22H19NO. The summed E-state index contributed by atoms with van der Waals surface area (Å²) in [6, 6.07) is 28.9. The van der Waals surface area contributed by atoms with E-state index >= 15 is 0 Å². The van der Waals surface area contributed by atoms with Crippen molar-refractivity contribution in [3.8, 4) is 0 Å². The summed E-state index contributed by atoms with van der Waals surface area (Å²) in [4.78, 5) is 4.77. The van der Waals surface area contributed by atoms with Crippen LogP contribution in [0, 0.1) is 6.92 Å². The number of rotatable bonds is 3. The molecule has 4 rings (SSSR count). The Morgan fingerprint density at radius 2 is 1.29 bits per heavy atom. The minimum absolute atomic E-state index is 0.555. The molecule has 3 aromatic carbocycles. The maximum atomic E-state index is 6.54. The standard InChI is InChI=1S/C22H19NO/c1-17-10-8-9-15-20(17)21-23-16-22(24-21,18-11-4-2-5-12-18)19-13-6-3-7-14-19/h2-15H,16H2,1H3. The van der Waals surface area contributed by atoms with Gasteiger partial charge in [-0.3, -0.25) is 0 Å². The molecule has 118 valence electrons. The molecule has 3 aromatic rings. The highest BCUT2D eigenvalue weighted by Gasteiger charge is 2.42. The summed E-state index contributed by atoms with van der Waals surface area (Å²) in [5, 5.41) is 0.